The predicted octanol–water partition coefficient (Wildman–Crippen LogP) is 2.49. The molecular formula is C7H7BrFN. The highest BCUT2D eigenvalue weighted by Crippen LogP contribution is 2.17. The van der Waals surface area contributed by atoms with E-state index in [-0.39, 0.29) is 0 Å². The highest BCUT2D eigenvalue weighted by Gasteiger charge is 2.05. The Labute approximate surface area is 67.4 Å². The molecule has 1 nitrogen and oxygen atoms in total. The van der Waals surface area contributed by atoms with Gasteiger partial charge >= 0.3 is 0 Å². The fourth-order valence-corrected chi connectivity index (χ4v) is 1.04. The minimum Gasteiger partial charge on any atom is -0.265 e. The first-order valence-corrected chi connectivity index (χ1v) is 4.06. The standard InChI is InChI=1S/C7H7BrFN/c8-5-7(9)6-1-3-10-4-2-6/h1-4,7H,5H2. The van der Waals surface area contributed by atoms with E-state index in [1.165, 1.54) is 0 Å². The minimum absolute atomic E-state index is 0.344. The molecule has 0 aliphatic rings. The third-order valence-electron chi connectivity index (χ3n) is 1.20. The maximum absolute atomic E-state index is 12.8. The average Bonchev–Trinajstić information content (AvgIpc) is 2.05. The van der Waals surface area contributed by atoms with E-state index in [1.54, 1.807) is 24.5 Å². The summed E-state index contributed by atoms with van der Waals surface area (Å²) >= 11 is 3.06. The molecule has 0 aliphatic heterocycles. The van der Waals surface area contributed by atoms with Crippen LogP contribution in [0.15, 0.2) is 24.5 Å². The number of nitrogens with zero attached hydrogens (tertiary/aromatic N) is 1. The van der Waals surface area contributed by atoms with Crippen molar-refractivity contribution in [2.45, 2.75) is 6.17 Å². The van der Waals surface area contributed by atoms with Crippen LogP contribution in [0.25, 0.3) is 0 Å². The molecule has 1 aromatic rings. The monoisotopic (exact) mass is 203 g/mol. The molecule has 0 fully saturated rings. The van der Waals surface area contributed by atoms with E-state index in [2.05, 4.69) is 20.9 Å². The Kier molecular flexibility index (Phi) is 2.81. The second-order valence-corrected chi connectivity index (χ2v) is 2.55. The zero-order chi connectivity index (χ0) is 7.40. The van der Waals surface area contributed by atoms with E-state index < -0.39 is 6.17 Å². The van der Waals surface area contributed by atoms with Crippen molar-refractivity contribution >= 4 is 15.9 Å². The Morgan fingerprint density at radius 2 is 2.10 bits per heavy atom. The largest absolute Gasteiger partial charge is 0.265 e. The van der Waals surface area contributed by atoms with Crippen LogP contribution in [-0.4, -0.2) is 10.3 Å². The summed E-state index contributed by atoms with van der Waals surface area (Å²) in [7, 11) is 0. The molecule has 1 atom stereocenters. The van der Waals surface area contributed by atoms with E-state index in [0.717, 1.165) is 0 Å². The van der Waals surface area contributed by atoms with Crippen molar-refractivity contribution in [3.8, 4) is 0 Å². The van der Waals surface area contributed by atoms with Gasteiger partial charge in [-0.05, 0) is 17.7 Å². The third kappa shape index (κ3) is 1.77. The minimum atomic E-state index is -0.914. The molecule has 0 N–H and O–H groups in total. The van der Waals surface area contributed by atoms with Crippen molar-refractivity contribution in [3.63, 3.8) is 0 Å². The van der Waals surface area contributed by atoms with Gasteiger partial charge < -0.3 is 0 Å². The van der Waals surface area contributed by atoms with Crippen LogP contribution in [0.5, 0.6) is 0 Å². The topological polar surface area (TPSA) is 12.9 Å². The van der Waals surface area contributed by atoms with Crippen molar-refractivity contribution in [3.05, 3.63) is 30.1 Å². The van der Waals surface area contributed by atoms with Crippen LogP contribution < -0.4 is 0 Å². The van der Waals surface area contributed by atoms with Gasteiger partial charge in [0.25, 0.3) is 0 Å². The molecule has 0 bridgehead atoms. The number of hydrogen-bond donors (Lipinski definition) is 0. The SMILES string of the molecule is FC(CBr)c1ccncc1. The normalized spacial score (nSPS) is 13.0. The Morgan fingerprint density at radius 1 is 1.50 bits per heavy atom. The number of alkyl halides is 2. The predicted molar refractivity (Wildman–Crippen MR) is 41.9 cm³/mol. The lowest BCUT2D eigenvalue weighted by molar-refractivity contribution is 0.382. The van der Waals surface area contributed by atoms with Crippen LogP contribution >= 0.6 is 15.9 Å². The van der Waals surface area contributed by atoms with Gasteiger partial charge in [0.05, 0.1) is 0 Å². The first-order chi connectivity index (χ1) is 4.84. The number of rotatable bonds is 2. The molecule has 0 saturated carbocycles. The van der Waals surface area contributed by atoms with Gasteiger partial charge in [0, 0.05) is 17.7 Å². The summed E-state index contributed by atoms with van der Waals surface area (Å²) in [6.07, 6.45) is 2.26. The van der Waals surface area contributed by atoms with Crippen LogP contribution in [-0.2, 0) is 0 Å². The molecular weight excluding hydrogens is 197 g/mol. The van der Waals surface area contributed by atoms with Crippen LogP contribution in [0, 0.1) is 0 Å². The van der Waals surface area contributed by atoms with E-state index >= 15 is 0 Å². The molecule has 0 amide bonds. The Bertz CT molecular complexity index is 190. The molecule has 0 aromatic carbocycles. The van der Waals surface area contributed by atoms with Gasteiger partial charge in [0.2, 0.25) is 0 Å². The highest BCUT2D eigenvalue weighted by atomic mass is 79.9. The first kappa shape index (κ1) is 7.66. The summed E-state index contributed by atoms with van der Waals surface area (Å²) in [5.74, 6) is 0. The highest BCUT2D eigenvalue weighted by molar-refractivity contribution is 9.09. The quantitative estimate of drug-likeness (QED) is 0.674. The second kappa shape index (κ2) is 3.66. The van der Waals surface area contributed by atoms with E-state index in [0.29, 0.717) is 10.9 Å². The summed E-state index contributed by atoms with van der Waals surface area (Å²) < 4.78 is 12.8. The third-order valence-corrected chi connectivity index (χ3v) is 1.77. The fraction of sp³-hybridized carbons (Fsp3) is 0.286. The van der Waals surface area contributed by atoms with Gasteiger partial charge in [-0.3, -0.25) is 4.98 Å². The Morgan fingerprint density at radius 3 is 2.60 bits per heavy atom. The molecule has 0 spiro atoms. The maximum Gasteiger partial charge on any atom is 0.135 e. The molecule has 54 valence electrons. The summed E-state index contributed by atoms with van der Waals surface area (Å²) in [6, 6.07) is 3.35. The summed E-state index contributed by atoms with van der Waals surface area (Å²) in [5, 5.41) is 0.344. The zero-order valence-corrected chi connectivity index (χ0v) is 6.88. The summed E-state index contributed by atoms with van der Waals surface area (Å²) in [4.78, 5) is 3.78. The van der Waals surface area contributed by atoms with Crippen molar-refractivity contribution in [2.75, 3.05) is 5.33 Å². The van der Waals surface area contributed by atoms with E-state index in [4.69, 9.17) is 0 Å². The van der Waals surface area contributed by atoms with E-state index in [9.17, 15) is 4.39 Å². The van der Waals surface area contributed by atoms with Gasteiger partial charge in [-0.25, -0.2) is 4.39 Å². The van der Waals surface area contributed by atoms with Crippen molar-refractivity contribution in [1.29, 1.82) is 0 Å². The fourth-order valence-electron chi connectivity index (χ4n) is 0.661. The molecule has 10 heavy (non-hydrogen) atoms. The smallest absolute Gasteiger partial charge is 0.135 e. The molecule has 0 saturated heterocycles. The van der Waals surface area contributed by atoms with Gasteiger partial charge in [0.1, 0.15) is 6.17 Å². The number of hydrogen-bond acceptors (Lipinski definition) is 1. The maximum atomic E-state index is 12.8. The Balaban J connectivity index is 2.75. The molecule has 1 rings (SSSR count). The van der Waals surface area contributed by atoms with Crippen LogP contribution in [0.3, 0.4) is 0 Å². The molecule has 1 heterocycles. The lowest BCUT2D eigenvalue weighted by Gasteiger charge is -2.01. The number of halogens is 2. The summed E-state index contributed by atoms with van der Waals surface area (Å²) in [6.45, 7) is 0. The molecule has 1 aromatic heterocycles. The van der Waals surface area contributed by atoms with Gasteiger partial charge in [0.15, 0.2) is 0 Å². The van der Waals surface area contributed by atoms with Crippen LogP contribution in [0.4, 0.5) is 4.39 Å². The number of aromatic nitrogens is 1. The summed E-state index contributed by atoms with van der Waals surface area (Å²) in [5.41, 5.74) is 0.673. The van der Waals surface area contributed by atoms with Gasteiger partial charge in [-0.15, -0.1) is 0 Å². The van der Waals surface area contributed by atoms with Crippen molar-refractivity contribution < 1.29 is 4.39 Å². The van der Waals surface area contributed by atoms with Crippen LogP contribution in [0.1, 0.15) is 11.7 Å². The molecule has 0 radical (unpaired) electrons. The molecule has 0 aliphatic carbocycles. The first-order valence-electron chi connectivity index (χ1n) is 2.94. The van der Waals surface area contributed by atoms with Crippen molar-refractivity contribution in [2.24, 2.45) is 0 Å². The lowest BCUT2D eigenvalue weighted by atomic mass is 10.2. The second-order valence-electron chi connectivity index (χ2n) is 1.90. The van der Waals surface area contributed by atoms with Crippen molar-refractivity contribution in [1.82, 2.24) is 4.98 Å². The molecule has 3 heteroatoms. The molecule has 1 unspecified atom stereocenters. The van der Waals surface area contributed by atoms with Crippen LogP contribution in [0.2, 0.25) is 0 Å². The van der Waals surface area contributed by atoms with Gasteiger partial charge in [-0.1, -0.05) is 15.9 Å². The lowest BCUT2D eigenvalue weighted by Crippen LogP contribution is -1.91. The van der Waals surface area contributed by atoms with E-state index in [1.807, 2.05) is 0 Å². The Hall–Kier alpha value is -0.440. The zero-order valence-electron chi connectivity index (χ0n) is 5.30. The number of pyridine rings is 1. The average molecular weight is 204 g/mol. The van der Waals surface area contributed by atoms with Gasteiger partial charge in [-0.2, -0.15) is 0 Å².